The molecule has 21 heavy (non-hydrogen) atoms. The molecule has 1 aromatic carbocycles. The van der Waals surface area contributed by atoms with Gasteiger partial charge in [-0.3, -0.25) is 4.90 Å². The summed E-state index contributed by atoms with van der Waals surface area (Å²) in [6, 6.07) is 6.18. The summed E-state index contributed by atoms with van der Waals surface area (Å²) in [6.07, 6.45) is 0.630. The van der Waals surface area contributed by atoms with Crippen molar-refractivity contribution in [3.63, 3.8) is 0 Å². The fourth-order valence-corrected chi connectivity index (χ4v) is 3.46. The molecule has 1 aliphatic carbocycles. The van der Waals surface area contributed by atoms with Crippen LogP contribution >= 0.6 is 15.9 Å². The molecule has 0 saturated carbocycles. The van der Waals surface area contributed by atoms with Crippen molar-refractivity contribution >= 4 is 22.0 Å². The van der Waals surface area contributed by atoms with Crippen LogP contribution < -0.4 is 0 Å². The number of carbonyl (C=O) groups is 1. The van der Waals surface area contributed by atoms with Crippen molar-refractivity contribution < 1.29 is 14.3 Å². The van der Waals surface area contributed by atoms with E-state index in [-0.39, 0.29) is 18.2 Å². The average Bonchev–Trinajstić information content (AvgIpc) is 2.73. The molecular formula is C16H20BrNO3. The third kappa shape index (κ3) is 2.94. The maximum atomic E-state index is 12.5. The summed E-state index contributed by atoms with van der Waals surface area (Å²) in [5.41, 5.74) is 1.94. The Morgan fingerprint density at radius 2 is 2.19 bits per heavy atom. The predicted octanol–water partition coefficient (Wildman–Crippen LogP) is 3.68. The molecule has 0 aromatic heterocycles. The van der Waals surface area contributed by atoms with Crippen LogP contribution in [0.5, 0.6) is 0 Å². The standard InChI is InChI=1S/C16H20BrNO3/c1-16(2,3)21-15(19)18-6-7-20-13-9-10-8-11(17)4-5-12(10)14(13)18/h4-5,8,13-14H,6-7,9H2,1-3H3/t13-,14?/m1/s1. The minimum absolute atomic E-state index is 0.0308. The van der Waals surface area contributed by atoms with Crippen LogP contribution in [0.25, 0.3) is 0 Å². The Hall–Kier alpha value is -1.07. The van der Waals surface area contributed by atoms with E-state index in [4.69, 9.17) is 9.47 Å². The first-order valence-electron chi connectivity index (χ1n) is 7.25. The van der Waals surface area contributed by atoms with Gasteiger partial charge in [0.2, 0.25) is 0 Å². The van der Waals surface area contributed by atoms with E-state index in [1.165, 1.54) is 11.1 Å². The second-order valence-electron chi connectivity index (χ2n) is 6.58. The van der Waals surface area contributed by atoms with E-state index in [0.29, 0.717) is 13.2 Å². The Labute approximate surface area is 133 Å². The number of rotatable bonds is 0. The average molecular weight is 354 g/mol. The smallest absolute Gasteiger partial charge is 0.410 e. The van der Waals surface area contributed by atoms with E-state index in [1.54, 1.807) is 0 Å². The van der Waals surface area contributed by atoms with Gasteiger partial charge in [0.15, 0.2) is 0 Å². The topological polar surface area (TPSA) is 38.8 Å². The van der Waals surface area contributed by atoms with E-state index >= 15 is 0 Å². The lowest BCUT2D eigenvalue weighted by Crippen LogP contribution is -2.48. The number of ether oxygens (including phenoxy) is 2. The Morgan fingerprint density at radius 3 is 2.90 bits per heavy atom. The second-order valence-corrected chi connectivity index (χ2v) is 7.49. The van der Waals surface area contributed by atoms with Crippen LogP contribution in [0.1, 0.15) is 37.9 Å². The Kier molecular flexibility index (Phi) is 3.74. The van der Waals surface area contributed by atoms with E-state index in [0.717, 1.165) is 10.9 Å². The van der Waals surface area contributed by atoms with Crippen molar-refractivity contribution in [2.45, 2.75) is 44.9 Å². The highest BCUT2D eigenvalue weighted by Crippen LogP contribution is 2.41. The fraction of sp³-hybridized carbons (Fsp3) is 0.562. The third-order valence-corrected chi connectivity index (χ3v) is 4.32. The summed E-state index contributed by atoms with van der Waals surface area (Å²) in [4.78, 5) is 14.3. The molecule has 2 atom stereocenters. The zero-order valence-electron chi connectivity index (χ0n) is 12.6. The largest absolute Gasteiger partial charge is 0.444 e. The lowest BCUT2D eigenvalue weighted by molar-refractivity contribution is -0.0697. The zero-order valence-corrected chi connectivity index (χ0v) is 14.1. The normalized spacial score (nSPS) is 24.5. The number of fused-ring (bicyclic) bond motifs is 3. The highest BCUT2D eigenvalue weighted by atomic mass is 79.9. The molecule has 1 fully saturated rings. The Morgan fingerprint density at radius 1 is 1.43 bits per heavy atom. The molecule has 0 N–H and O–H groups in total. The molecule has 1 aliphatic heterocycles. The Bertz CT molecular complexity index is 567. The third-order valence-electron chi connectivity index (χ3n) is 3.82. The van der Waals surface area contributed by atoms with Gasteiger partial charge in [0.1, 0.15) is 5.60 Å². The van der Waals surface area contributed by atoms with E-state index in [2.05, 4.69) is 28.1 Å². The summed E-state index contributed by atoms with van der Waals surface area (Å²) >= 11 is 3.50. The van der Waals surface area contributed by atoms with Gasteiger partial charge in [-0.25, -0.2) is 4.79 Å². The van der Waals surface area contributed by atoms with Crippen molar-refractivity contribution in [2.24, 2.45) is 0 Å². The van der Waals surface area contributed by atoms with Crippen LogP contribution in [0.15, 0.2) is 22.7 Å². The van der Waals surface area contributed by atoms with Crippen molar-refractivity contribution in [3.8, 4) is 0 Å². The van der Waals surface area contributed by atoms with Gasteiger partial charge in [-0.1, -0.05) is 22.0 Å². The second kappa shape index (κ2) is 5.29. The molecule has 1 heterocycles. The first-order valence-corrected chi connectivity index (χ1v) is 8.04. The molecular weight excluding hydrogens is 334 g/mol. The first-order chi connectivity index (χ1) is 9.85. The van der Waals surface area contributed by atoms with Gasteiger partial charge in [0.05, 0.1) is 18.8 Å². The number of nitrogens with zero attached hydrogens (tertiary/aromatic N) is 1. The molecule has 2 aliphatic rings. The van der Waals surface area contributed by atoms with Crippen molar-refractivity contribution in [1.82, 2.24) is 4.90 Å². The van der Waals surface area contributed by atoms with Crippen LogP contribution in [0.2, 0.25) is 0 Å². The SMILES string of the molecule is CC(C)(C)OC(=O)N1CCO[C@@H]2Cc3cc(Br)ccc3C21. The van der Waals surface area contributed by atoms with Crippen LogP contribution in [0.4, 0.5) is 4.79 Å². The number of halogens is 1. The number of carbonyl (C=O) groups excluding carboxylic acids is 1. The summed E-state index contributed by atoms with van der Waals surface area (Å²) in [6.45, 7) is 6.81. The molecule has 4 nitrogen and oxygen atoms in total. The molecule has 1 amide bonds. The lowest BCUT2D eigenvalue weighted by Gasteiger charge is -2.38. The Balaban J connectivity index is 1.89. The quantitative estimate of drug-likeness (QED) is 0.713. The molecule has 114 valence electrons. The summed E-state index contributed by atoms with van der Waals surface area (Å²) < 4.78 is 12.5. The van der Waals surface area contributed by atoms with Gasteiger partial charge in [0, 0.05) is 17.4 Å². The van der Waals surface area contributed by atoms with Crippen LogP contribution in [0, 0.1) is 0 Å². The summed E-state index contributed by atoms with van der Waals surface area (Å²) in [7, 11) is 0. The molecule has 1 saturated heterocycles. The highest BCUT2D eigenvalue weighted by molar-refractivity contribution is 9.10. The number of hydrogen-bond acceptors (Lipinski definition) is 3. The van der Waals surface area contributed by atoms with Crippen LogP contribution in [-0.2, 0) is 15.9 Å². The molecule has 1 unspecified atom stereocenters. The molecule has 0 bridgehead atoms. The minimum Gasteiger partial charge on any atom is -0.444 e. The number of amides is 1. The van der Waals surface area contributed by atoms with E-state index < -0.39 is 5.60 Å². The van der Waals surface area contributed by atoms with Gasteiger partial charge < -0.3 is 9.47 Å². The first kappa shape index (κ1) is 14.9. The summed E-state index contributed by atoms with van der Waals surface area (Å²) in [5.74, 6) is 0. The number of hydrogen-bond donors (Lipinski definition) is 0. The molecule has 0 spiro atoms. The van der Waals surface area contributed by atoms with Gasteiger partial charge in [-0.2, -0.15) is 0 Å². The van der Waals surface area contributed by atoms with Crippen LogP contribution in [-0.4, -0.2) is 35.8 Å². The van der Waals surface area contributed by atoms with Crippen LogP contribution in [0.3, 0.4) is 0 Å². The van der Waals surface area contributed by atoms with Gasteiger partial charge >= 0.3 is 6.09 Å². The van der Waals surface area contributed by atoms with Gasteiger partial charge in [0.25, 0.3) is 0 Å². The molecule has 3 rings (SSSR count). The number of morpholine rings is 1. The fourth-order valence-electron chi connectivity index (χ4n) is 3.05. The van der Waals surface area contributed by atoms with Gasteiger partial charge in [-0.15, -0.1) is 0 Å². The maximum Gasteiger partial charge on any atom is 0.410 e. The molecule has 5 heteroatoms. The van der Waals surface area contributed by atoms with E-state index in [9.17, 15) is 4.79 Å². The maximum absolute atomic E-state index is 12.5. The molecule has 1 aromatic rings. The predicted molar refractivity (Wildman–Crippen MR) is 83.3 cm³/mol. The monoisotopic (exact) mass is 353 g/mol. The minimum atomic E-state index is -0.480. The zero-order chi connectivity index (χ0) is 15.2. The summed E-state index contributed by atoms with van der Waals surface area (Å²) in [5, 5.41) is 0. The van der Waals surface area contributed by atoms with E-state index in [1.807, 2.05) is 31.7 Å². The van der Waals surface area contributed by atoms with Gasteiger partial charge in [-0.05, 0) is 44.0 Å². The highest BCUT2D eigenvalue weighted by Gasteiger charge is 2.43. The van der Waals surface area contributed by atoms with Crippen molar-refractivity contribution in [2.75, 3.05) is 13.2 Å². The van der Waals surface area contributed by atoms with Crippen molar-refractivity contribution in [1.29, 1.82) is 0 Å². The lowest BCUT2D eigenvalue weighted by atomic mass is 10.1. The van der Waals surface area contributed by atoms with Crippen molar-refractivity contribution in [3.05, 3.63) is 33.8 Å². The molecule has 0 radical (unpaired) electrons. The number of benzene rings is 1.